The molecule has 0 aliphatic carbocycles. The van der Waals surface area contributed by atoms with E-state index in [1.807, 2.05) is 20.8 Å². The second-order valence-corrected chi connectivity index (χ2v) is 7.25. The zero-order valence-electron chi connectivity index (χ0n) is 11.6. The van der Waals surface area contributed by atoms with Crippen LogP contribution in [0.1, 0.15) is 44.4 Å². The molecule has 19 heavy (non-hydrogen) atoms. The Kier molecular flexibility index (Phi) is 5.68. The summed E-state index contributed by atoms with van der Waals surface area (Å²) in [4.78, 5) is 0. The molecule has 0 spiro atoms. The minimum atomic E-state index is -0.991. The molecule has 0 aliphatic rings. The van der Waals surface area contributed by atoms with E-state index in [0.29, 0.717) is 5.75 Å². The van der Waals surface area contributed by atoms with Gasteiger partial charge in [0.25, 0.3) is 0 Å². The molecule has 0 unspecified atom stereocenters. The van der Waals surface area contributed by atoms with Crippen molar-refractivity contribution in [2.75, 3.05) is 5.75 Å². The predicted octanol–water partition coefficient (Wildman–Crippen LogP) is 3.97. The van der Waals surface area contributed by atoms with Gasteiger partial charge in [-0.25, -0.2) is 4.39 Å². The molecule has 1 aromatic carbocycles. The van der Waals surface area contributed by atoms with Crippen molar-refractivity contribution < 1.29 is 8.60 Å². The molecule has 0 amide bonds. The summed E-state index contributed by atoms with van der Waals surface area (Å²) >= 11 is 0. The van der Waals surface area contributed by atoms with E-state index >= 15 is 0 Å². The van der Waals surface area contributed by atoms with Crippen molar-refractivity contribution in [3.63, 3.8) is 0 Å². The number of halogens is 1. The fourth-order valence-corrected chi connectivity index (χ4v) is 3.02. The van der Waals surface area contributed by atoms with Crippen LogP contribution in [0.2, 0.25) is 0 Å². The largest absolute Gasteiger partial charge is 0.259 e. The Labute approximate surface area is 117 Å². The highest BCUT2D eigenvalue weighted by atomic mass is 32.2. The van der Waals surface area contributed by atoms with Gasteiger partial charge >= 0.3 is 0 Å². The van der Waals surface area contributed by atoms with E-state index in [4.69, 9.17) is 5.26 Å². The summed E-state index contributed by atoms with van der Waals surface area (Å²) in [5.41, 5.74) is 0.530. The molecule has 1 rings (SSSR count). The van der Waals surface area contributed by atoms with Crippen LogP contribution < -0.4 is 0 Å². The Bertz CT molecular complexity index is 476. The Balaban J connectivity index is 2.50. The normalized spacial score (nSPS) is 14.7. The third-order valence-electron chi connectivity index (χ3n) is 3.18. The summed E-state index contributed by atoms with van der Waals surface area (Å²) < 4.78 is 25.0. The summed E-state index contributed by atoms with van der Waals surface area (Å²) in [7, 11) is -0.991. The van der Waals surface area contributed by atoms with Crippen LogP contribution in [0.15, 0.2) is 24.3 Å². The van der Waals surface area contributed by atoms with E-state index in [9.17, 15) is 8.60 Å². The number of rotatable bonds is 6. The van der Waals surface area contributed by atoms with E-state index in [1.165, 1.54) is 12.1 Å². The van der Waals surface area contributed by atoms with E-state index in [-0.39, 0.29) is 16.5 Å². The summed E-state index contributed by atoms with van der Waals surface area (Å²) in [6, 6.07) is 8.38. The van der Waals surface area contributed by atoms with Gasteiger partial charge in [-0.3, -0.25) is 4.21 Å². The zero-order valence-corrected chi connectivity index (χ0v) is 12.5. The van der Waals surface area contributed by atoms with Gasteiger partial charge in [-0.05, 0) is 51.3 Å². The van der Waals surface area contributed by atoms with Crippen LogP contribution in [0.4, 0.5) is 4.39 Å². The molecule has 2 nitrogen and oxygen atoms in total. The maximum absolute atomic E-state index is 12.8. The Morgan fingerprint density at radius 3 is 2.47 bits per heavy atom. The standard InChI is InChI=1S/C15H20FNOS/c1-12(13-5-7-14(16)8-6-13)19(18)10-4-9-15(2,3)11-17/h5-8,12H,4,9-10H2,1-3H3/t12-,19-/m0/s1. The Morgan fingerprint density at radius 1 is 1.37 bits per heavy atom. The molecule has 0 aliphatic heterocycles. The highest BCUT2D eigenvalue weighted by Crippen LogP contribution is 2.24. The number of hydrogen-bond donors (Lipinski definition) is 0. The van der Waals surface area contributed by atoms with Gasteiger partial charge in [-0.1, -0.05) is 12.1 Å². The number of hydrogen-bond acceptors (Lipinski definition) is 2. The first kappa shape index (κ1) is 15.8. The SMILES string of the molecule is C[C@@H](c1ccc(F)cc1)[S@@](=O)CCCC(C)(C)C#N. The van der Waals surface area contributed by atoms with Crippen LogP contribution in [0.25, 0.3) is 0 Å². The number of benzene rings is 1. The highest BCUT2D eigenvalue weighted by molar-refractivity contribution is 7.85. The average Bonchev–Trinajstić information content (AvgIpc) is 2.38. The molecule has 0 saturated heterocycles. The van der Waals surface area contributed by atoms with Crippen molar-refractivity contribution >= 4 is 10.8 Å². The van der Waals surface area contributed by atoms with Crippen molar-refractivity contribution in [1.82, 2.24) is 0 Å². The van der Waals surface area contributed by atoms with E-state index in [2.05, 4.69) is 6.07 Å². The first-order valence-corrected chi connectivity index (χ1v) is 7.78. The van der Waals surface area contributed by atoms with Crippen LogP contribution in [0.3, 0.4) is 0 Å². The van der Waals surface area contributed by atoms with Gasteiger partial charge in [0.05, 0.1) is 16.7 Å². The van der Waals surface area contributed by atoms with Crippen LogP contribution in [-0.4, -0.2) is 9.96 Å². The lowest BCUT2D eigenvalue weighted by atomic mass is 9.90. The molecule has 104 valence electrons. The summed E-state index contributed by atoms with van der Waals surface area (Å²) in [6.07, 6.45) is 1.50. The van der Waals surface area contributed by atoms with Crippen molar-refractivity contribution in [2.45, 2.75) is 38.9 Å². The Morgan fingerprint density at radius 2 is 1.95 bits per heavy atom. The summed E-state index contributed by atoms with van der Waals surface area (Å²) in [5.74, 6) is 0.293. The summed E-state index contributed by atoms with van der Waals surface area (Å²) in [5, 5.41) is 8.81. The van der Waals surface area contributed by atoms with Gasteiger partial charge in [0.1, 0.15) is 5.82 Å². The molecular formula is C15H20FNOS. The molecule has 0 radical (unpaired) electrons. The first-order chi connectivity index (χ1) is 8.85. The lowest BCUT2D eigenvalue weighted by molar-refractivity contribution is 0.446. The van der Waals surface area contributed by atoms with Gasteiger partial charge in [-0.15, -0.1) is 0 Å². The second-order valence-electron chi connectivity index (χ2n) is 5.38. The third-order valence-corrected chi connectivity index (χ3v) is 4.94. The molecule has 2 atom stereocenters. The fraction of sp³-hybridized carbons (Fsp3) is 0.533. The first-order valence-electron chi connectivity index (χ1n) is 6.39. The Hall–Kier alpha value is -1.21. The van der Waals surface area contributed by atoms with Crippen molar-refractivity contribution in [1.29, 1.82) is 5.26 Å². The molecule has 4 heteroatoms. The van der Waals surface area contributed by atoms with Crippen LogP contribution in [0, 0.1) is 22.6 Å². The second kappa shape index (κ2) is 6.81. The lowest BCUT2D eigenvalue weighted by Crippen LogP contribution is -2.12. The smallest absolute Gasteiger partial charge is 0.123 e. The molecule has 0 aromatic heterocycles. The monoisotopic (exact) mass is 281 g/mol. The van der Waals surface area contributed by atoms with Gasteiger partial charge in [-0.2, -0.15) is 5.26 Å². The maximum atomic E-state index is 12.8. The molecule has 0 heterocycles. The van der Waals surface area contributed by atoms with Crippen molar-refractivity contribution in [3.05, 3.63) is 35.6 Å². The van der Waals surface area contributed by atoms with Crippen LogP contribution in [-0.2, 0) is 10.8 Å². The fourth-order valence-electron chi connectivity index (χ4n) is 1.77. The van der Waals surface area contributed by atoms with Crippen molar-refractivity contribution in [2.24, 2.45) is 5.41 Å². The van der Waals surface area contributed by atoms with E-state index in [1.54, 1.807) is 12.1 Å². The highest BCUT2D eigenvalue weighted by Gasteiger charge is 2.18. The van der Waals surface area contributed by atoms with Gasteiger partial charge in [0.15, 0.2) is 0 Å². The molecule has 0 saturated carbocycles. The minimum Gasteiger partial charge on any atom is -0.259 e. The van der Waals surface area contributed by atoms with E-state index < -0.39 is 10.8 Å². The molecular weight excluding hydrogens is 261 g/mol. The quantitative estimate of drug-likeness (QED) is 0.791. The molecule has 1 aromatic rings. The van der Waals surface area contributed by atoms with Gasteiger partial charge in [0.2, 0.25) is 0 Å². The third kappa shape index (κ3) is 5.12. The average molecular weight is 281 g/mol. The molecule has 0 N–H and O–H groups in total. The lowest BCUT2D eigenvalue weighted by Gasteiger charge is -2.16. The van der Waals surface area contributed by atoms with Crippen LogP contribution >= 0.6 is 0 Å². The number of nitriles is 1. The molecule has 0 fully saturated rings. The molecule has 0 bridgehead atoms. The van der Waals surface area contributed by atoms with Gasteiger partial charge in [0, 0.05) is 16.6 Å². The van der Waals surface area contributed by atoms with Crippen molar-refractivity contribution in [3.8, 4) is 6.07 Å². The summed E-state index contributed by atoms with van der Waals surface area (Å²) in [6.45, 7) is 5.66. The number of nitrogens with zero attached hydrogens (tertiary/aromatic N) is 1. The maximum Gasteiger partial charge on any atom is 0.123 e. The predicted molar refractivity (Wildman–Crippen MR) is 76.5 cm³/mol. The van der Waals surface area contributed by atoms with Crippen LogP contribution in [0.5, 0.6) is 0 Å². The topological polar surface area (TPSA) is 40.9 Å². The zero-order chi connectivity index (χ0) is 14.5. The van der Waals surface area contributed by atoms with Gasteiger partial charge < -0.3 is 0 Å². The minimum absolute atomic E-state index is 0.106. The van der Waals surface area contributed by atoms with E-state index in [0.717, 1.165) is 18.4 Å².